The second-order valence-electron chi connectivity index (χ2n) is 6.94. The van der Waals surface area contributed by atoms with Crippen LogP contribution in [0.3, 0.4) is 0 Å². The topological polar surface area (TPSA) is 50.8 Å². The number of amides is 1. The molecule has 1 fully saturated rings. The van der Waals surface area contributed by atoms with Crippen molar-refractivity contribution in [2.75, 3.05) is 27.3 Å². The highest BCUT2D eigenvalue weighted by Crippen LogP contribution is 2.38. The van der Waals surface area contributed by atoms with E-state index < -0.39 is 0 Å². The van der Waals surface area contributed by atoms with Crippen molar-refractivity contribution in [3.8, 4) is 11.5 Å². The van der Waals surface area contributed by atoms with Gasteiger partial charge in [0.2, 0.25) is 5.91 Å². The molecule has 1 amide bonds. The average molecular weight is 368 g/mol. The molecule has 2 aromatic rings. The van der Waals surface area contributed by atoms with E-state index in [1.807, 2.05) is 30.3 Å². The zero-order valence-corrected chi connectivity index (χ0v) is 16.3. The molecule has 0 radical (unpaired) electrons. The molecule has 1 heterocycles. The van der Waals surface area contributed by atoms with Crippen LogP contribution >= 0.6 is 0 Å². The lowest BCUT2D eigenvalue weighted by atomic mass is 10.0. The third-order valence-electron chi connectivity index (χ3n) is 5.24. The average Bonchev–Trinajstić information content (AvgIpc) is 3.14. The molecule has 0 spiro atoms. The van der Waals surface area contributed by atoms with Crippen LogP contribution in [0, 0.1) is 6.92 Å². The second kappa shape index (κ2) is 8.91. The maximum atomic E-state index is 12.5. The van der Waals surface area contributed by atoms with Gasteiger partial charge in [0.15, 0.2) is 0 Å². The van der Waals surface area contributed by atoms with Crippen LogP contribution in [0.15, 0.2) is 42.5 Å². The third-order valence-corrected chi connectivity index (χ3v) is 5.24. The maximum absolute atomic E-state index is 12.5. The summed E-state index contributed by atoms with van der Waals surface area (Å²) in [5, 5.41) is 3.05. The number of nitrogens with zero attached hydrogens (tertiary/aromatic N) is 1. The largest absolute Gasteiger partial charge is 0.497 e. The molecule has 27 heavy (non-hydrogen) atoms. The molecule has 5 nitrogen and oxygen atoms in total. The van der Waals surface area contributed by atoms with Gasteiger partial charge in [-0.25, -0.2) is 0 Å². The van der Waals surface area contributed by atoms with Crippen LogP contribution in [-0.2, 0) is 11.3 Å². The molecule has 0 saturated carbocycles. The van der Waals surface area contributed by atoms with Gasteiger partial charge < -0.3 is 14.8 Å². The first-order chi connectivity index (χ1) is 13.1. The summed E-state index contributed by atoms with van der Waals surface area (Å²) in [6, 6.07) is 14.1. The summed E-state index contributed by atoms with van der Waals surface area (Å²) in [6.45, 7) is 3.92. The molecule has 5 heteroatoms. The summed E-state index contributed by atoms with van der Waals surface area (Å²) >= 11 is 0. The first kappa shape index (κ1) is 19.2. The van der Waals surface area contributed by atoms with Crippen LogP contribution in [0.2, 0.25) is 0 Å². The van der Waals surface area contributed by atoms with Gasteiger partial charge in [-0.3, -0.25) is 9.69 Å². The summed E-state index contributed by atoms with van der Waals surface area (Å²) in [6.07, 6.45) is 2.07. The molecule has 0 aromatic heterocycles. The van der Waals surface area contributed by atoms with E-state index in [1.165, 1.54) is 5.56 Å². The minimum absolute atomic E-state index is 0.0482. The smallest absolute Gasteiger partial charge is 0.234 e. The zero-order chi connectivity index (χ0) is 19.2. The molecule has 1 N–H and O–H groups in total. The van der Waals surface area contributed by atoms with Gasteiger partial charge in [-0.2, -0.15) is 0 Å². The molecule has 1 aliphatic heterocycles. The predicted molar refractivity (Wildman–Crippen MR) is 106 cm³/mol. The van der Waals surface area contributed by atoms with Crippen LogP contribution in [0.1, 0.15) is 35.6 Å². The lowest BCUT2D eigenvalue weighted by Gasteiger charge is -2.26. The van der Waals surface area contributed by atoms with E-state index in [-0.39, 0.29) is 11.9 Å². The van der Waals surface area contributed by atoms with Gasteiger partial charge >= 0.3 is 0 Å². The number of hydrogen-bond acceptors (Lipinski definition) is 4. The van der Waals surface area contributed by atoms with Crippen molar-refractivity contribution in [1.29, 1.82) is 0 Å². The number of benzene rings is 2. The van der Waals surface area contributed by atoms with Crippen LogP contribution in [-0.4, -0.2) is 38.1 Å². The molecular weight excluding hydrogens is 340 g/mol. The lowest BCUT2D eigenvalue weighted by Crippen LogP contribution is -2.36. The number of aryl methyl sites for hydroxylation is 1. The highest BCUT2D eigenvalue weighted by Gasteiger charge is 2.30. The van der Waals surface area contributed by atoms with Gasteiger partial charge in [-0.1, -0.05) is 24.3 Å². The quantitative estimate of drug-likeness (QED) is 0.813. The Balaban J connectivity index is 1.66. The minimum Gasteiger partial charge on any atom is -0.497 e. The summed E-state index contributed by atoms with van der Waals surface area (Å²) in [5.41, 5.74) is 3.43. The van der Waals surface area contributed by atoms with Crippen LogP contribution in [0.25, 0.3) is 0 Å². The van der Waals surface area contributed by atoms with Crippen molar-refractivity contribution >= 4 is 5.91 Å². The van der Waals surface area contributed by atoms with Crippen molar-refractivity contribution in [3.05, 3.63) is 59.2 Å². The molecule has 0 aliphatic carbocycles. The molecule has 1 unspecified atom stereocenters. The van der Waals surface area contributed by atoms with Crippen molar-refractivity contribution in [2.45, 2.75) is 32.4 Å². The molecular formula is C22H28N2O3. The number of ether oxygens (including phenoxy) is 2. The lowest BCUT2D eigenvalue weighted by molar-refractivity contribution is -0.122. The molecule has 1 atom stereocenters. The van der Waals surface area contributed by atoms with Crippen molar-refractivity contribution in [1.82, 2.24) is 10.2 Å². The fourth-order valence-electron chi connectivity index (χ4n) is 3.71. The SMILES string of the molecule is COc1ccc(OC)c(C2CCCN2CC(=O)NCc2ccccc2C)c1. The maximum Gasteiger partial charge on any atom is 0.234 e. The number of rotatable bonds is 7. The first-order valence-electron chi connectivity index (χ1n) is 9.39. The molecule has 3 rings (SSSR count). The summed E-state index contributed by atoms with van der Waals surface area (Å²) in [7, 11) is 3.34. The fraction of sp³-hybridized carbons (Fsp3) is 0.409. The summed E-state index contributed by atoms with van der Waals surface area (Å²) in [4.78, 5) is 14.8. The number of hydrogen-bond donors (Lipinski definition) is 1. The Hall–Kier alpha value is -2.53. The van der Waals surface area contributed by atoms with Gasteiger partial charge in [0.1, 0.15) is 11.5 Å². The molecule has 2 aromatic carbocycles. The Bertz CT molecular complexity index is 791. The van der Waals surface area contributed by atoms with E-state index in [4.69, 9.17) is 9.47 Å². The Kier molecular flexibility index (Phi) is 6.35. The number of nitrogens with one attached hydrogen (secondary N) is 1. The van der Waals surface area contributed by atoms with Crippen molar-refractivity contribution in [2.24, 2.45) is 0 Å². The van der Waals surface area contributed by atoms with Gasteiger partial charge in [-0.15, -0.1) is 0 Å². The van der Waals surface area contributed by atoms with E-state index in [1.54, 1.807) is 14.2 Å². The van der Waals surface area contributed by atoms with Gasteiger partial charge in [-0.05, 0) is 55.6 Å². The Morgan fingerprint density at radius 3 is 2.74 bits per heavy atom. The van der Waals surface area contributed by atoms with Crippen LogP contribution in [0.5, 0.6) is 11.5 Å². The van der Waals surface area contributed by atoms with Crippen molar-refractivity contribution < 1.29 is 14.3 Å². The summed E-state index contributed by atoms with van der Waals surface area (Å²) < 4.78 is 10.9. The Morgan fingerprint density at radius 2 is 2.00 bits per heavy atom. The highest BCUT2D eigenvalue weighted by molar-refractivity contribution is 5.78. The predicted octanol–water partition coefficient (Wildman–Crippen LogP) is 3.47. The third kappa shape index (κ3) is 4.61. The van der Waals surface area contributed by atoms with Gasteiger partial charge in [0.25, 0.3) is 0 Å². The molecule has 1 saturated heterocycles. The minimum atomic E-state index is 0.0482. The van der Waals surface area contributed by atoms with E-state index in [0.29, 0.717) is 13.1 Å². The summed E-state index contributed by atoms with van der Waals surface area (Å²) in [5.74, 6) is 1.70. The second-order valence-corrected chi connectivity index (χ2v) is 6.94. The van der Waals surface area contributed by atoms with E-state index in [0.717, 1.165) is 42.0 Å². The molecule has 1 aliphatic rings. The number of likely N-dealkylation sites (tertiary alicyclic amines) is 1. The Labute approximate surface area is 161 Å². The first-order valence-corrected chi connectivity index (χ1v) is 9.39. The zero-order valence-electron chi connectivity index (χ0n) is 16.3. The number of carbonyl (C=O) groups is 1. The fourth-order valence-corrected chi connectivity index (χ4v) is 3.71. The Morgan fingerprint density at radius 1 is 1.19 bits per heavy atom. The van der Waals surface area contributed by atoms with E-state index >= 15 is 0 Å². The highest BCUT2D eigenvalue weighted by atomic mass is 16.5. The van der Waals surface area contributed by atoms with Crippen molar-refractivity contribution in [3.63, 3.8) is 0 Å². The normalized spacial score (nSPS) is 16.9. The van der Waals surface area contributed by atoms with E-state index in [2.05, 4.69) is 29.3 Å². The van der Waals surface area contributed by atoms with Crippen LogP contribution in [0.4, 0.5) is 0 Å². The molecule has 144 valence electrons. The van der Waals surface area contributed by atoms with Gasteiger partial charge in [0, 0.05) is 18.2 Å². The number of methoxy groups -OCH3 is 2. The standard InChI is InChI=1S/C22H28N2O3/c1-16-7-4-5-8-17(16)14-23-22(25)15-24-12-6-9-20(24)19-13-18(26-2)10-11-21(19)27-3/h4-5,7-8,10-11,13,20H,6,9,12,14-15H2,1-3H3,(H,23,25). The monoisotopic (exact) mass is 368 g/mol. The van der Waals surface area contributed by atoms with Crippen LogP contribution < -0.4 is 14.8 Å². The van der Waals surface area contributed by atoms with Gasteiger partial charge in [0.05, 0.1) is 20.8 Å². The number of carbonyl (C=O) groups excluding carboxylic acids is 1. The molecule has 0 bridgehead atoms. The van der Waals surface area contributed by atoms with E-state index in [9.17, 15) is 4.79 Å².